The molecule has 20 heavy (non-hydrogen) atoms. The number of allylic oxidation sites excluding steroid dienone is 1. The van der Waals surface area contributed by atoms with Crippen molar-refractivity contribution in [2.24, 2.45) is 0 Å². The molecule has 2 heterocycles. The van der Waals surface area contributed by atoms with Crippen LogP contribution in [0, 0.1) is 6.92 Å². The highest BCUT2D eigenvalue weighted by atomic mass is 32.2. The largest absolute Gasteiger partial charge is 0.340 e. The van der Waals surface area contributed by atoms with Gasteiger partial charge in [-0.1, -0.05) is 48.3 Å². The van der Waals surface area contributed by atoms with Crippen LogP contribution in [0.5, 0.6) is 0 Å². The first-order chi connectivity index (χ1) is 9.61. The first-order valence-corrected chi connectivity index (χ1v) is 7.67. The van der Waals surface area contributed by atoms with Gasteiger partial charge in [-0.15, -0.1) is 0 Å². The van der Waals surface area contributed by atoms with Crippen molar-refractivity contribution in [3.05, 3.63) is 46.0 Å². The van der Waals surface area contributed by atoms with Gasteiger partial charge in [-0.25, -0.2) is 0 Å². The fraction of sp³-hybridized carbons (Fsp3) is 0.200. The number of hydrogen-bond acceptors (Lipinski definition) is 4. The van der Waals surface area contributed by atoms with Crippen LogP contribution in [0.15, 0.2) is 34.9 Å². The molecule has 0 atom stereocenters. The summed E-state index contributed by atoms with van der Waals surface area (Å²) in [5.41, 5.74) is 4.49. The fourth-order valence-corrected chi connectivity index (χ4v) is 3.67. The Bertz CT molecular complexity index is 676. The first kappa shape index (κ1) is 13.4. The van der Waals surface area contributed by atoms with Crippen LogP contribution < -0.4 is 10.2 Å². The standard InChI is InChI=1S/C15H14N2OS2/c1-3-17-11(13-14(18)16-15(19)20-13)8-7-10-6-4-5-9(2)12(10)17/h4-8H,3H2,1-2H3,(H,16,18,19). The third-order valence-corrected chi connectivity index (χ3v) is 4.65. The lowest BCUT2D eigenvalue weighted by Crippen LogP contribution is -2.27. The number of fused-ring (bicyclic) bond motifs is 1. The summed E-state index contributed by atoms with van der Waals surface area (Å²) in [5, 5.41) is 2.68. The number of aryl methyl sites for hydroxylation is 1. The maximum atomic E-state index is 12.0. The molecule has 0 spiro atoms. The number of nitrogens with one attached hydrogen (secondary N) is 1. The topological polar surface area (TPSA) is 32.3 Å². The Kier molecular flexibility index (Phi) is 3.40. The number of benzene rings is 1. The summed E-state index contributed by atoms with van der Waals surface area (Å²) in [7, 11) is 0. The van der Waals surface area contributed by atoms with E-state index in [0.717, 1.165) is 12.2 Å². The van der Waals surface area contributed by atoms with E-state index in [1.807, 2.05) is 6.08 Å². The van der Waals surface area contributed by atoms with E-state index in [-0.39, 0.29) is 5.91 Å². The molecule has 2 aliphatic heterocycles. The quantitative estimate of drug-likeness (QED) is 0.638. The van der Waals surface area contributed by atoms with E-state index in [4.69, 9.17) is 12.2 Å². The Balaban J connectivity index is 2.17. The zero-order chi connectivity index (χ0) is 14.3. The normalized spacial score (nSPS) is 21.2. The van der Waals surface area contributed by atoms with Crippen molar-refractivity contribution in [3.63, 3.8) is 0 Å². The molecule has 0 saturated carbocycles. The number of thioether (sulfide) groups is 1. The molecular formula is C15H14N2OS2. The van der Waals surface area contributed by atoms with E-state index in [1.54, 1.807) is 0 Å². The Labute approximate surface area is 127 Å². The van der Waals surface area contributed by atoms with E-state index in [0.29, 0.717) is 9.23 Å². The second-order valence-corrected chi connectivity index (χ2v) is 6.34. The number of anilines is 1. The molecule has 1 saturated heterocycles. The Hall–Kier alpha value is -1.59. The van der Waals surface area contributed by atoms with Crippen LogP contribution in [0.2, 0.25) is 0 Å². The predicted molar refractivity (Wildman–Crippen MR) is 88.6 cm³/mol. The summed E-state index contributed by atoms with van der Waals surface area (Å²) in [5.74, 6) is -0.102. The van der Waals surface area contributed by atoms with Crippen molar-refractivity contribution in [3.8, 4) is 0 Å². The van der Waals surface area contributed by atoms with Crippen LogP contribution in [0.4, 0.5) is 5.69 Å². The molecule has 0 aliphatic carbocycles. The number of carbonyl (C=O) groups is 1. The van der Waals surface area contributed by atoms with Crippen molar-refractivity contribution < 1.29 is 4.79 Å². The van der Waals surface area contributed by atoms with Crippen LogP contribution in [0.3, 0.4) is 0 Å². The Morgan fingerprint density at radius 3 is 2.80 bits per heavy atom. The van der Waals surface area contributed by atoms with Gasteiger partial charge in [0.05, 0.1) is 11.4 Å². The van der Waals surface area contributed by atoms with Gasteiger partial charge in [0.15, 0.2) is 0 Å². The third kappa shape index (κ3) is 2.07. The molecule has 0 aromatic heterocycles. The third-order valence-electron chi connectivity index (χ3n) is 3.42. The monoisotopic (exact) mass is 302 g/mol. The molecule has 0 unspecified atom stereocenters. The number of rotatable bonds is 1. The summed E-state index contributed by atoms with van der Waals surface area (Å²) >= 11 is 6.41. The maximum Gasteiger partial charge on any atom is 0.265 e. The van der Waals surface area contributed by atoms with Gasteiger partial charge in [0.1, 0.15) is 9.23 Å². The summed E-state index contributed by atoms with van der Waals surface area (Å²) in [6.07, 6.45) is 4.06. The van der Waals surface area contributed by atoms with E-state index in [9.17, 15) is 4.79 Å². The molecule has 5 heteroatoms. The van der Waals surface area contributed by atoms with E-state index >= 15 is 0 Å². The van der Waals surface area contributed by atoms with Crippen molar-refractivity contribution in [1.29, 1.82) is 0 Å². The predicted octanol–water partition coefficient (Wildman–Crippen LogP) is 3.21. The van der Waals surface area contributed by atoms with E-state index in [1.165, 1.54) is 28.6 Å². The lowest BCUT2D eigenvalue weighted by molar-refractivity contribution is -0.115. The molecular weight excluding hydrogens is 288 g/mol. The van der Waals surface area contributed by atoms with Gasteiger partial charge >= 0.3 is 0 Å². The fourth-order valence-electron chi connectivity index (χ4n) is 2.57. The van der Waals surface area contributed by atoms with E-state index in [2.05, 4.69) is 48.3 Å². The highest BCUT2D eigenvalue weighted by molar-refractivity contribution is 8.26. The maximum absolute atomic E-state index is 12.0. The minimum atomic E-state index is -0.102. The van der Waals surface area contributed by atoms with Crippen LogP contribution in [0.25, 0.3) is 6.08 Å². The number of thiocarbonyl (C=S) groups is 1. The van der Waals surface area contributed by atoms with Gasteiger partial charge in [0.25, 0.3) is 5.91 Å². The summed E-state index contributed by atoms with van der Waals surface area (Å²) in [4.78, 5) is 14.9. The smallest absolute Gasteiger partial charge is 0.265 e. The second kappa shape index (κ2) is 5.07. The van der Waals surface area contributed by atoms with Crippen LogP contribution >= 0.6 is 24.0 Å². The van der Waals surface area contributed by atoms with Gasteiger partial charge < -0.3 is 10.2 Å². The number of amides is 1. The van der Waals surface area contributed by atoms with Gasteiger partial charge in [0, 0.05) is 6.54 Å². The molecule has 1 aromatic rings. The molecule has 2 aliphatic rings. The summed E-state index contributed by atoms with van der Waals surface area (Å²) in [6.45, 7) is 4.99. The number of carbonyl (C=O) groups excluding carboxylic acids is 1. The molecule has 3 rings (SSSR count). The van der Waals surface area contributed by atoms with Gasteiger partial charge in [-0.2, -0.15) is 0 Å². The molecule has 0 radical (unpaired) electrons. The van der Waals surface area contributed by atoms with Crippen LogP contribution in [-0.2, 0) is 4.79 Å². The van der Waals surface area contributed by atoms with E-state index < -0.39 is 0 Å². The zero-order valence-corrected chi connectivity index (χ0v) is 12.9. The summed E-state index contributed by atoms with van der Waals surface area (Å²) in [6, 6.07) is 6.24. The molecule has 1 aromatic carbocycles. The van der Waals surface area contributed by atoms with Crippen LogP contribution in [-0.4, -0.2) is 16.8 Å². The Morgan fingerprint density at radius 1 is 1.35 bits per heavy atom. The van der Waals surface area contributed by atoms with Crippen molar-refractivity contribution in [2.45, 2.75) is 13.8 Å². The Morgan fingerprint density at radius 2 is 2.15 bits per heavy atom. The minimum absolute atomic E-state index is 0.102. The van der Waals surface area contributed by atoms with Crippen molar-refractivity contribution in [2.75, 3.05) is 11.4 Å². The minimum Gasteiger partial charge on any atom is -0.340 e. The number of hydrogen-bond donors (Lipinski definition) is 1. The molecule has 1 N–H and O–H groups in total. The lowest BCUT2D eigenvalue weighted by atomic mass is 10.0. The average Bonchev–Trinajstić information content (AvgIpc) is 2.76. The van der Waals surface area contributed by atoms with Crippen molar-refractivity contribution >= 4 is 46.0 Å². The SMILES string of the molecule is CCN1C(=C2SC(=S)NC2=O)C=Cc2cccc(C)c21. The van der Waals surface area contributed by atoms with Gasteiger partial charge in [-0.05, 0) is 31.1 Å². The van der Waals surface area contributed by atoms with Gasteiger partial charge in [-0.3, -0.25) is 4.79 Å². The van der Waals surface area contributed by atoms with Crippen LogP contribution in [0.1, 0.15) is 18.1 Å². The number of para-hydroxylation sites is 1. The van der Waals surface area contributed by atoms with Gasteiger partial charge in [0.2, 0.25) is 0 Å². The number of nitrogens with zero attached hydrogens (tertiary/aromatic N) is 1. The first-order valence-electron chi connectivity index (χ1n) is 6.44. The molecule has 3 nitrogen and oxygen atoms in total. The highest BCUT2D eigenvalue weighted by Crippen LogP contribution is 2.38. The van der Waals surface area contributed by atoms with Crippen molar-refractivity contribution in [1.82, 2.24) is 5.32 Å². The molecule has 1 amide bonds. The molecule has 1 fully saturated rings. The zero-order valence-electron chi connectivity index (χ0n) is 11.3. The molecule has 102 valence electrons. The average molecular weight is 302 g/mol. The lowest BCUT2D eigenvalue weighted by Gasteiger charge is -2.31. The molecule has 0 bridgehead atoms. The highest BCUT2D eigenvalue weighted by Gasteiger charge is 2.29. The second-order valence-electron chi connectivity index (χ2n) is 4.65. The number of likely N-dealkylation sites (N-methyl/N-ethyl adjacent to an activating group) is 1. The summed E-state index contributed by atoms with van der Waals surface area (Å²) < 4.78 is 0.525.